The van der Waals surface area contributed by atoms with Crippen LogP contribution in [-0.4, -0.2) is 19.9 Å². The second-order valence-electron chi connectivity index (χ2n) is 8.32. The highest BCUT2D eigenvalue weighted by atomic mass is 35.5. The minimum absolute atomic E-state index is 0.105. The average Bonchev–Trinajstić information content (AvgIpc) is 3.26. The van der Waals surface area contributed by atoms with Crippen molar-refractivity contribution in [1.82, 2.24) is 19.9 Å². The standard InChI is InChI=1S/C25H23ClN4O/c1-15-11-18(13-21(26)27-15)23-22(17-9-3-2-4-10-17)30-25-24(29-23)20(31)14-19(28-25)12-16-7-5-6-8-16/h2-4,9-11,13-14,16H,5-8,12H2,1H3,(H,28,30,31). The molecule has 4 aromatic rings. The number of aromatic nitrogens is 4. The molecule has 1 fully saturated rings. The zero-order valence-corrected chi connectivity index (χ0v) is 18.1. The lowest BCUT2D eigenvalue weighted by Crippen LogP contribution is -2.12. The van der Waals surface area contributed by atoms with Gasteiger partial charge in [-0.15, -0.1) is 0 Å². The number of pyridine rings is 2. The maximum Gasteiger partial charge on any atom is 0.209 e. The molecule has 0 amide bonds. The second kappa shape index (κ2) is 8.23. The van der Waals surface area contributed by atoms with Gasteiger partial charge in [-0.1, -0.05) is 67.6 Å². The Morgan fingerprint density at radius 1 is 0.968 bits per heavy atom. The van der Waals surface area contributed by atoms with Crippen LogP contribution in [0, 0.1) is 12.8 Å². The number of hydrogen-bond acceptors (Lipinski definition) is 4. The van der Waals surface area contributed by atoms with E-state index in [4.69, 9.17) is 21.6 Å². The Morgan fingerprint density at radius 2 is 1.71 bits per heavy atom. The second-order valence-corrected chi connectivity index (χ2v) is 8.70. The molecule has 31 heavy (non-hydrogen) atoms. The normalized spacial score (nSPS) is 14.4. The Bertz CT molecular complexity index is 1290. The molecule has 1 aliphatic rings. The van der Waals surface area contributed by atoms with Gasteiger partial charge in [0.15, 0.2) is 11.2 Å². The number of benzene rings is 1. The van der Waals surface area contributed by atoms with E-state index in [1.54, 1.807) is 12.1 Å². The molecule has 5 rings (SSSR count). The average molecular weight is 431 g/mol. The molecule has 3 heterocycles. The third-order valence-electron chi connectivity index (χ3n) is 5.94. The summed E-state index contributed by atoms with van der Waals surface area (Å²) < 4.78 is 0. The summed E-state index contributed by atoms with van der Waals surface area (Å²) in [7, 11) is 0. The van der Waals surface area contributed by atoms with Crippen LogP contribution in [0.15, 0.2) is 53.3 Å². The van der Waals surface area contributed by atoms with Gasteiger partial charge in [-0.25, -0.2) is 15.0 Å². The molecule has 1 aromatic carbocycles. The smallest absolute Gasteiger partial charge is 0.209 e. The van der Waals surface area contributed by atoms with E-state index in [0.29, 0.717) is 33.6 Å². The van der Waals surface area contributed by atoms with Crippen molar-refractivity contribution in [1.29, 1.82) is 0 Å². The zero-order valence-electron chi connectivity index (χ0n) is 17.4. The van der Waals surface area contributed by atoms with Crippen LogP contribution in [0.4, 0.5) is 0 Å². The highest BCUT2D eigenvalue weighted by Crippen LogP contribution is 2.32. The van der Waals surface area contributed by atoms with Gasteiger partial charge in [0.05, 0.1) is 11.4 Å². The Kier molecular flexibility index (Phi) is 5.28. The summed E-state index contributed by atoms with van der Waals surface area (Å²) in [4.78, 5) is 30.3. The summed E-state index contributed by atoms with van der Waals surface area (Å²) in [5.74, 6) is 0.635. The summed E-state index contributed by atoms with van der Waals surface area (Å²) in [6, 6.07) is 15.3. The first kappa shape index (κ1) is 19.9. The molecule has 0 bridgehead atoms. The largest absolute Gasteiger partial charge is 0.342 e. The fourth-order valence-electron chi connectivity index (χ4n) is 4.51. The van der Waals surface area contributed by atoms with Crippen molar-refractivity contribution in [2.24, 2.45) is 5.92 Å². The van der Waals surface area contributed by atoms with Crippen LogP contribution in [-0.2, 0) is 6.42 Å². The van der Waals surface area contributed by atoms with Crippen molar-refractivity contribution in [3.05, 3.63) is 75.3 Å². The van der Waals surface area contributed by atoms with Crippen molar-refractivity contribution in [3.8, 4) is 22.5 Å². The summed E-state index contributed by atoms with van der Waals surface area (Å²) in [6.45, 7) is 1.88. The first-order chi connectivity index (χ1) is 15.1. The number of rotatable bonds is 4. The molecular formula is C25H23ClN4O. The molecule has 6 heteroatoms. The van der Waals surface area contributed by atoms with E-state index in [1.807, 2.05) is 43.3 Å². The summed E-state index contributed by atoms with van der Waals surface area (Å²) in [6.07, 6.45) is 5.88. The quantitative estimate of drug-likeness (QED) is 0.419. The minimum Gasteiger partial charge on any atom is -0.342 e. The van der Waals surface area contributed by atoms with E-state index >= 15 is 0 Å². The van der Waals surface area contributed by atoms with Gasteiger partial charge in [0.25, 0.3) is 0 Å². The van der Waals surface area contributed by atoms with Crippen LogP contribution in [0.3, 0.4) is 0 Å². The van der Waals surface area contributed by atoms with Gasteiger partial charge < -0.3 is 4.98 Å². The molecular weight excluding hydrogens is 408 g/mol. The molecule has 0 unspecified atom stereocenters. The number of nitrogens with one attached hydrogen (secondary N) is 1. The highest BCUT2D eigenvalue weighted by Gasteiger charge is 2.19. The van der Waals surface area contributed by atoms with Crippen LogP contribution in [0.25, 0.3) is 33.7 Å². The number of aromatic amines is 1. The minimum atomic E-state index is -0.105. The summed E-state index contributed by atoms with van der Waals surface area (Å²) in [5.41, 5.74) is 5.54. The van der Waals surface area contributed by atoms with Gasteiger partial charge in [-0.3, -0.25) is 4.79 Å². The summed E-state index contributed by atoms with van der Waals surface area (Å²) in [5, 5.41) is 0.386. The maximum absolute atomic E-state index is 13.0. The Balaban J connectivity index is 1.71. The Labute approximate surface area is 185 Å². The van der Waals surface area contributed by atoms with Gasteiger partial charge >= 0.3 is 0 Å². The highest BCUT2D eigenvalue weighted by molar-refractivity contribution is 6.29. The molecule has 0 saturated heterocycles. The third kappa shape index (κ3) is 4.10. The van der Waals surface area contributed by atoms with Crippen LogP contribution in [0.1, 0.15) is 37.1 Å². The first-order valence-corrected chi connectivity index (χ1v) is 11.1. The van der Waals surface area contributed by atoms with Crippen LogP contribution in [0.2, 0.25) is 5.15 Å². The molecule has 156 valence electrons. The Morgan fingerprint density at radius 3 is 2.45 bits per heavy atom. The lowest BCUT2D eigenvalue weighted by molar-refractivity contribution is 0.539. The van der Waals surface area contributed by atoms with Gasteiger partial charge in [-0.05, 0) is 31.4 Å². The van der Waals surface area contributed by atoms with E-state index in [1.165, 1.54) is 25.7 Å². The maximum atomic E-state index is 13.0. The van der Waals surface area contributed by atoms with Crippen molar-refractivity contribution in [2.45, 2.75) is 39.0 Å². The van der Waals surface area contributed by atoms with Crippen LogP contribution < -0.4 is 5.43 Å². The predicted molar refractivity (Wildman–Crippen MR) is 124 cm³/mol. The summed E-state index contributed by atoms with van der Waals surface area (Å²) >= 11 is 6.22. The number of aryl methyl sites for hydroxylation is 1. The van der Waals surface area contributed by atoms with E-state index in [9.17, 15) is 4.79 Å². The fourth-order valence-corrected chi connectivity index (χ4v) is 4.76. The first-order valence-electron chi connectivity index (χ1n) is 10.7. The van der Waals surface area contributed by atoms with Crippen molar-refractivity contribution >= 4 is 22.8 Å². The topological polar surface area (TPSA) is 71.5 Å². The van der Waals surface area contributed by atoms with Gasteiger partial charge in [0.1, 0.15) is 5.15 Å². The van der Waals surface area contributed by atoms with E-state index in [0.717, 1.165) is 28.9 Å². The van der Waals surface area contributed by atoms with E-state index in [-0.39, 0.29) is 5.43 Å². The molecule has 1 N–H and O–H groups in total. The lowest BCUT2D eigenvalue weighted by atomic mass is 10.0. The Hall–Kier alpha value is -3.05. The van der Waals surface area contributed by atoms with Crippen LogP contribution in [0.5, 0.6) is 0 Å². The SMILES string of the molecule is Cc1cc(-c2nc3c(=O)cc(CC4CCCC4)[nH]c3nc2-c2ccccc2)cc(Cl)n1. The van der Waals surface area contributed by atoms with Crippen molar-refractivity contribution < 1.29 is 0 Å². The van der Waals surface area contributed by atoms with E-state index < -0.39 is 0 Å². The molecule has 0 aliphatic heterocycles. The predicted octanol–water partition coefficient (Wildman–Crippen LogP) is 5.74. The van der Waals surface area contributed by atoms with Crippen molar-refractivity contribution in [2.75, 3.05) is 0 Å². The monoisotopic (exact) mass is 430 g/mol. The molecule has 5 nitrogen and oxygen atoms in total. The van der Waals surface area contributed by atoms with Gasteiger partial charge in [0, 0.05) is 28.6 Å². The molecule has 0 radical (unpaired) electrons. The number of fused-ring (bicyclic) bond motifs is 1. The number of hydrogen-bond donors (Lipinski definition) is 1. The number of halogens is 1. The van der Waals surface area contributed by atoms with Crippen LogP contribution >= 0.6 is 11.6 Å². The molecule has 1 aliphatic carbocycles. The van der Waals surface area contributed by atoms with Gasteiger partial charge in [0.2, 0.25) is 5.43 Å². The molecule has 3 aromatic heterocycles. The van der Waals surface area contributed by atoms with E-state index in [2.05, 4.69) is 9.97 Å². The third-order valence-corrected chi connectivity index (χ3v) is 6.13. The zero-order chi connectivity index (χ0) is 21.4. The number of nitrogens with zero attached hydrogens (tertiary/aromatic N) is 3. The van der Waals surface area contributed by atoms with Crippen molar-refractivity contribution in [3.63, 3.8) is 0 Å². The molecule has 1 saturated carbocycles. The molecule has 0 spiro atoms. The molecule has 0 atom stereocenters. The lowest BCUT2D eigenvalue weighted by Gasteiger charge is -2.13. The number of H-pyrrole nitrogens is 1. The fraction of sp³-hybridized carbons (Fsp3) is 0.280. The van der Waals surface area contributed by atoms with Gasteiger partial charge in [-0.2, -0.15) is 0 Å².